The first-order chi connectivity index (χ1) is 13.2. The van der Waals surface area contributed by atoms with E-state index in [1.165, 1.54) is 5.56 Å². The number of hydrogen-bond donors (Lipinski definition) is 2. The van der Waals surface area contributed by atoms with Gasteiger partial charge in [-0.25, -0.2) is 0 Å². The van der Waals surface area contributed by atoms with E-state index in [9.17, 15) is 4.79 Å². The summed E-state index contributed by atoms with van der Waals surface area (Å²) in [6, 6.07) is 25.7. The molecule has 1 amide bonds. The number of amides is 1. The molecule has 0 saturated heterocycles. The van der Waals surface area contributed by atoms with Crippen LogP contribution in [-0.2, 0) is 11.3 Å². The molecule has 138 valence electrons. The molecule has 0 heterocycles. The highest BCUT2D eigenvalue weighted by Gasteiger charge is 2.12. The fourth-order valence-corrected chi connectivity index (χ4v) is 2.79. The molecule has 27 heavy (non-hydrogen) atoms. The molecule has 3 aromatic rings. The van der Waals surface area contributed by atoms with Crippen molar-refractivity contribution in [1.82, 2.24) is 5.32 Å². The molecule has 4 heteroatoms. The Hall–Kier alpha value is -3.27. The average Bonchev–Trinajstić information content (AvgIpc) is 2.73. The number of rotatable bonds is 7. The van der Waals surface area contributed by atoms with E-state index in [0.29, 0.717) is 6.54 Å². The van der Waals surface area contributed by atoms with Gasteiger partial charge in [-0.3, -0.25) is 4.79 Å². The zero-order valence-electron chi connectivity index (χ0n) is 15.6. The molecule has 1 atom stereocenters. The van der Waals surface area contributed by atoms with Crippen LogP contribution in [0.5, 0.6) is 5.75 Å². The van der Waals surface area contributed by atoms with E-state index in [1.807, 2.05) is 61.5 Å². The number of nitrogens with one attached hydrogen (secondary N) is 2. The van der Waals surface area contributed by atoms with E-state index in [4.69, 9.17) is 4.74 Å². The minimum atomic E-state index is -0.328. The van der Waals surface area contributed by atoms with Gasteiger partial charge < -0.3 is 15.4 Å². The predicted molar refractivity (Wildman–Crippen MR) is 110 cm³/mol. The Bertz CT molecular complexity index is 859. The second-order valence-corrected chi connectivity index (χ2v) is 6.38. The Balaban J connectivity index is 1.53. The van der Waals surface area contributed by atoms with Crippen LogP contribution in [0.1, 0.15) is 12.5 Å². The number of methoxy groups -OCH3 is 1. The van der Waals surface area contributed by atoms with Crippen molar-refractivity contribution in [3.63, 3.8) is 0 Å². The summed E-state index contributed by atoms with van der Waals surface area (Å²) >= 11 is 0. The maximum atomic E-state index is 12.3. The molecular weight excluding hydrogens is 336 g/mol. The van der Waals surface area contributed by atoms with Crippen LogP contribution < -0.4 is 15.4 Å². The van der Waals surface area contributed by atoms with Gasteiger partial charge in [-0.2, -0.15) is 0 Å². The van der Waals surface area contributed by atoms with Gasteiger partial charge in [0, 0.05) is 12.2 Å². The third-order valence-corrected chi connectivity index (χ3v) is 4.39. The summed E-state index contributed by atoms with van der Waals surface area (Å²) in [6.45, 7) is 2.34. The van der Waals surface area contributed by atoms with Gasteiger partial charge in [0.15, 0.2) is 0 Å². The Labute approximate surface area is 160 Å². The van der Waals surface area contributed by atoms with Gasteiger partial charge in [-0.05, 0) is 47.9 Å². The van der Waals surface area contributed by atoms with Crippen LogP contribution in [0.25, 0.3) is 11.1 Å². The first-order valence-electron chi connectivity index (χ1n) is 8.98. The van der Waals surface area contributed by atoms with Crippen molar-refractivity contribution >= 4 is 11.6 Å². The van der Waals surface area contributed by atoms with E-state index >= 15 is 0 Å². The lowest BCUT2D eigenvalue weighted by molar-refractivity contribution is -0.121. The summed E-state index contributed by atoms with van der Waals surface area (Å²) in [4.78, 5) is 12.3. The Morgan fingerprint density at radius 2 is 1.52 bits per heavy atom. The second-order valence-electron chi connectivity index (χ2n) is 6.38. The lowest BCUT2D eigenvalue weighted by atomic mass is 10.1. The van der Waals surface area contributed by atoms with Crippen molar-refractivity contribution in [2.75, 3.05) is 12.4 Å². The van der Waals surface area contributed by atoms with Crippen molar-refractivity contribution in [1.29, 1.82) is 0 Å². The van der Waals surface area contributed by atoms with Crippen LogP contribution >= 0.6 is 0 Å². The molecule has 0 aliphatic heterocycles. The van der Waals surface area contributed by atoms with Crippen molar-refractivity contribution in [2.24, 2.45) is 0 Å². The smallest absolute Gasteiger partial charge is 0.242 e. The lowest BCUT2D eigenvalue weighted by Crippen LogP contribution is -2.37. The number of benzene rings is 3. The van der Waals surface area contributed by atoms with Crippen molar-refractivity contribution < 1.29 is 9.53 Å². The number of ether oxygens (including phenoxy) is 1. The molecular formula is C23H24N2O2. The van der Waals surface area contributed by atoms with Gasteiger partial charge in [-0.1, -0.05) is 54.6 Å². The van der Waals surface area contributed by atoms with E-state index < -0.39 is 0 Å². The number of carbonyl (C=O) groups is 1. The van der Waals surface area contributed by atoms with E-state index in [0.717, 1.165) is 22.6 Å². The van der Waals surface area contributed by atoms with Crippen LogP contribution in [0.15, 0.2) is 78.9 Å². The average molecular weight is 360 g/mol. The van der Waals surface area contributed by atoms with Crippen LogP contribution in [0.4, 0.5) is 5.69 Å². The molecule has 2 N–H and O–H groups in total. The maximum Gasteiger partial charge on any atom is 0.242 e. The topological polar surface area (TPSA) is 50.4 Å². The molecule has 0 spiro atoms. The number of anilines is 1. The highest BCUT2D eigenvalue weighted by Crippen LogP contribution is 2.21. The van der Waals surface area contributed by atoms with Gasteiger partial charge >= 0.3 is 0 Å². The summed E-state index contributed by atoms with van der Waals surface area (Å²) in [5.41, 5.74) is 4.28. The van der Waals surface area contributed by atoms with Crippen LogP contribution in [0.2, 0.25) is 0 Å². The SMILES string of the molecule is COc1ccc(CNC(=O)C(C)Nc2ccc(-c3ccccc3)cc2)cc1. The molecule has 0 fully saturated rings. The van der Waals surface area contributed by atoms with Crippen LogP contribution in [0, 0.1) is 0 Å². The fourth-order valence-electron chi connectivity index (χ4n) is 2.79. The highest BCUT2D eigenvalue weighted by molar-refractivity contribution is 5.84. The monoisotopic (exact) mass is 360 g/mol. The fraction of sp³-hybridized carbons (Fsp3) is 0.174. The summed E-state index contributed by atoms with van der Waals surface area (Å²) in [5.74, 6) is 0.761. The van der Waals surface area contributed by atoms with Crippen molar-refractivity contribution in [3.05, 3.63) is 84.4 Å². The molecule has 0 saturated carbocycles. The Morgan fingerprint density at radius 3 is 2.15 bits per heavy atom. The standard InChI is InChI=1S/C23H24N2O2/c1-17(23(26)24-16-18-8-14-22(27-2)15-9-18)25-21-12-10-20(11-13-21)19-6-4-3-5-7-19/h3-15,17,25H,16H2,1-2H3,(H,24,26). The molecule has 1 unspecified atom stereocenters. The summed E-state index contributed by atoms with van der Waals surface area (Å²) in [7, 11) is 1.64. The molecule has 0 aliphatic rings. The highest BCUT2D eigenvalue weighted by atomic mass is 16.5. The normalized spacial score (nSPS) is 11.5. The molecule has 3 rings (SSSR count). The molecule has 3 aromatic carbocycles. The molecule has 0 bridgehead atoms. The molecule has 0 radical (unpaired) electrons. The van der Waals surface area contributed by atoms with Gasteiger partial charge in [-0.15, -0.1) is 0 Å². The quantitative estimate of drug-likeness (QED) is 0.653. The third kappa shape index (κ3) is 5.11. The largest absolute Gasteiger partial charge is 0.497 e. The maximum absolute atomic E-state index is 12.3. The Kier molecular flexibility index (Phi) is 6.10. The first kappa shape index (κ1) is 18.5. The van der Waals surface area contributed by atoms with Crippen LogP contribution in [-0.4, -0.2) is 19.1 Å². The first-order valence-corrected chi connectivity index (χ1v) is 8.98. The van der Waals surface area contributed by atoms with Gasteiger partial charge in [0.1, 0.15) is 11.8 Å². The summed E-state index contributed by atoms with van der Waals surface area (Å²) in [5, 5.41) is 6.19. The number of hydrogen-bond acceptors (Lipinski definition) is 3. The Morgan fingerprint density at radius 1 is 0.889 bits per heavy atom. The zero-order chi connectivity index (χ0) is 19.1. The lowest BCUT2D eigenvalue weighted by Gasteiger charge is -2.16. The zero-order valence-corrected chi connectivity index (χ0v) is 15.6. The van der Waals surface area contributed by atoms with E-state index in [-0.39, 0.29) is 11.9 Å². The van der Waals surface area contributed by atoms with Crippen molar-refractivity contribution in [3.8, 4) is 16.9 Å². The minimum Gasteiger partial charge on any atom is -0.497 e. The molecule has 0 aliphatic carbocycles. The summed E-state index contributed by atoms with van der Waals surface area (Å²) in [6.07, 6.45) is 0. The minimum absolute atomic E-state index is 0.0436. The second kappa shape index (κ2) is 8.90. The van der Waals surface area contributed by atoms with Gasteiger partial charge in [0.05, 0.1) is 7.11 Å². The van der Waals surface area contributed by atoms with Gasteiger partial charge in [0.25, 0.3) is 0 Å². The van der Waals surface area contributed by atoms with Crippen molar-refractivity contribution in [2.45, 2.75) is 19.5 Å². The molecule has 4 nitrogen and oxygen atoms in total. The van der Waals surface area contributed by atoms with E-state index in [2.05, 4.69) is 34.9 Å². The predicted octanol–water partition coefficient (Wildman–Crippen LogP) is 4.48. The molecule has 0 aromatic heterocycles. The van der Waals surface area contributed by atoms with Crippen LogP contribution in [0.3, 0.4) is 0 Å². The van der Waals surface area contributed by atoms with Gasteiger partial charge in [0.2, 0.25) is 5.91 Å². The number of carbonyl (C=O) groups excluding carboxylic acids is 1. The third-order valence-electron chi connectivity index (χ3n) is 4.39. The summed E-state index contributed by atoms with van der Waals surface area (Å²) < 4.78 is 5.14. The van der Waals surface area contributed by atoms with E-state index in [1.54, 1.807) is 7.11 Å².